The van der Waals surface area contributed by atoms with Gasteiger partial charge in [-0.05, 0) is 51.3 Å². The maximum atomic E-state index is 13.5. The predicted octanol–water partition coefficient (Wildman–Crippen LogP) is 3.44. The second kappa shape index (κ2) is 5.42. The molecule has 0 saturated heterocycles. The molecule has 0 fully saturated rings. The third kappa shape index (κ3) is 2.51. The molecule has 5 heteroatoms. The van der Waals surface area contributed by atoms with Gasteiger partial charge in [0.05, 0.1) is 4.47 Å². The second-order valence-corrected chi connectivity index (χ2v) is 5.33. The summed E-state index contributed by atoms with van der Waals surface area (Å²) in [5.41, 5.74) is 1.12. The maximum Gasteiger partial charge on any atom is 0.161 e. The molecule has 3 nitrogen and oxygen atoms in total. The van der Waals surface area contributed by atoms with Crippen molar-refractivity contribution in [3.63, 3.8) is 0 Å². The minimum absolute atomic E-state index is 0.371. The number of aliphatic hydroxyl groups is 1. The van der Waals surface area contributed by atoms with Gasteiger partial charge in [-0.2, -0.15) is 0 Å². The molecule has 0 amide bonds. The van der Waals surface area contributed by atoms with E-state index < -0.39 is 11.9 Å². The van der Waals surface area contributed by atoms with Gasteiger partial charge in [0, 0.05) is 0 Å². The van der Waals surface area contributed by atoms with Crippen molar-refractivity contribution in [3.8, 4) is 11.5 Å². The van der Waals surface area contributed by atoms with Crippen LogP contribution in [0.3, 0.4) is 0 Å². The monoisotopic (exact) mass is 338 g/mol. The van der Waals surface area contributed by atoms with Crippen LogP contribution in [0.1, 0.15) is 17.2 Å². The summed E-state index contributed by atoms with van der Waals surface area (Å²) in [5, 5.41) is 10.3. The molecular formula is C15H12BrFO3. The van der Waals surface area contributed by atoms with Crippen LogP contribution in [0, 0.1) is 5.82 Å². The van der Waals surface area contributed by atoms with Gasteiger partial charge in [-0.3, -0.25) is 0 Å². The van der Waals surface area contributed by atoms with Crippen LogP contribution in [-0.4, -0.2) is 18.3 Å². The van der Waals surface area contributed by atoms with E-state index in [2.05, 4.69) is 15.9 Å². The quantitative estimate of drug-likeness (QED) is 0.911. The van der Waals surface area contributed by atoms with Gasteiger partial charge >= 0.3 is 0 Å². The van der Waals surface area contributed by atoms with Crippen molar-refractivity contribution in [1.82, 2.24) is 0 Å². The average molecular weight is 339 g/mol. The van der Waals surface area contributed by atoms with Gasteiger partial charge in [0.25, 0.3) is 0 Å². The minimum Gasteiger partial charge on any atom is -0.486 e. The average Bonchev–Trinajstić information content (AvgIpc) is 2.49. The van der Waals surface area contributed by atoms with Gasteiger partial charge < -0.3 is 14.6 Å². The summed E-state index contributed by atoms with van der Waals surface area (Å²) in [6.07, 6.45) is -0.909. The molecular weight excluding hydrogens is 327 g/mol. The van der Waals surface area contributed by atoms with E-state index >= 15 is 0 Å². The Bertz CT molecular complexity index is 645. The summed E-state index contributed by atoms with van der Waals surface area (Å²) in [5.74, 6) is 0.860. The second-order valence-electron chi connectivity index (χ2n) is 4.48. The first-order chi connectivity index (χ1) is 9.65. The number of rotatable bonds is 2. The molecule has 1 aliphatic heterocycles. The van der Waals surface area contributed by atoms with Gasteiger partial charge in [-0.15, -0.1) is 0 Å². The van der Waals surface area contributed by atoms with Crippen LogP contribution < -0.4 is 9.47 Å². The lowest BCUT2D eigenvalue weighted by Gasteiger charge is -2.20. The number of halogens is 2. The topological polar surface area (TPSA) is 38.7 Å². The SMILES string of the molecule is OC(c1ccc(Br)c(F)c1)c1ccc2c(c1)OCCO2. The third-order valence-corrected chi connectivity index (χ3v) is 3.78. The Morgan fingerprint density at radius 2 is 1.65 bits per heavy atom. The first-order valence-corrected chi connectivity index (χ1v) is 6.97. The van der Waals surface area contributed by atoms with Gasteiger partial charge in [0.2, 0.25) is 0 Å². The maximum absolute atomic E-state index is 13.5. The molecule has 3 rings (SSSR count). The van der Waals surface area contributed by atoms with Crippen LogP contribution in [0.15, 0.2) is 40.9 Å². The number of benzene rings is 2. The van der Waals surface area contributed by atoms with Crippen molar-refractivity contribution in [3.05, 3.63) is 57.8 Å². The summed E-state index contributed by atoms with van der Waals surface area (Å²) in [4.78, 5) is 0. The lowest BCUT2D eigenvalue weighted by molar-refractivity contribution is 0.169. The van der Waals surface area contributed by atoms with Crippen molar-refractivity contribution < 1.29 is 19.0 Å². The van der Waals surface area contributed by atoms with E-state index in [-0.39, 0.29) is 0 Å². The molecule has 0 radical (unpaired) electrons. The van der Waals surface area contributed by atoms with E-state index in [4.69, 9.17) is 9.47 Å². The van der Waals surface area contributed by atoms with Gasteiger partial charge in [0.1, 0.15) is 25.1 Å². The normalized spacial score (nSPS) is 14.9. The highest BCUT2D eigenvalue weighted by Crippen LogP contribution is 2.34. The summed E-state index contributed by atoms with van der Waals surface area (Å²) < 4.78 is 24.8. The fourth-order valence-corrected chi connectivity index (χ4v) is 2.35. The Morgan fingerprint density at radius 1 is 1.00 bits per heavy atom. The zero-order chi connectivity index (χ0) is 14.1. The molecule has 0 saturated carbocycles. The molecule has 1 unspecified atom stereocenters. The third-order valence-electron chi connectivity index (χ3n) is 3.14. The molecule has 0 aromatic heterocycles. The van der Waals surface area contributed by atoms with Crippen molar-refractivity contribution in [1.29, 1.82) is 0 Å². The first-order valence-electron chi connectivity index (χ1n) is 6.18. The van der Waals surface area contributed by atoms with Crippen molar-refractivity contribution in [2.45, 2.75) is 6.10 Å². The van der Waals surface area contributed by atoms with E-state index in [0.29, 0.717) is 40.3 Å². The standard InChI is InChI=1S/C15H12BrFO3/c16-11-3-1-9(7-12(11)17)15(18)10-2-4-13-14(8-10)20-6-5-19-13/h1-4,7-8,15,18H,5-6H2. The minimum atomic E-state index is -0.909. The molecule has 0 aliphatic carbocycles. The zero-order valence-corrected chi connectivity index (χ0v) is 12.1. The van der Waals surface area contributed by atoms with Crippen LogP contribution in [0.25, 0.3) is 0 Å². The lowest BCUT2D eigenvalue weighted by Crippen LogP contribution is -2.15. The number of hydrogen-bond donors (Lipinski definition) is 1. The van der Waals surface area contributed by atoms with E-state index in [1.165, 1.54) is 6.07 Å². The highest BCUT2D eigenvalue weighted by atomic mass is 79.9. The smallest absolute Gasteiger partial charge is 0.161 e. The fraction of sp³-hybridized carbons (Fsp3) is 0.200. The predicted molar refractivity (Wildman–Crippen MR) is 75.6 cm³/mol. The van der Waals surface area contributed by atoms with E-state index in [0.717, 1.165) is 0 Å². The van der Waals surface area contributed by atoms with Crippen LogP contribution in [0.5, 0.6) is 11.5 Å². The Balaban J connectivity index is 1.93. The summed E-state index contributed by atoms with van der Waals surface area (Å²) >= 11 is 3.09. The van der Waals surface area contributed by atoms with E-state index in [9.17, 15) is 9.50 Å². The lowest BCUT2D eigenvalue weighted by atomic mass is 10.0. The van der Waals surface area contributed by atoms with Crippen LogP contribution in [0.2, 0.25) is 0 Å². The molecule has 1 atom stereocenters. The Morgan fingerprint density at radius 3 is 2.40 bits per heavy atom. The van der Waals surface area contributed by atoms with Gasteiger partial charge in [-0.1, -0.05) is 12.1 Å². The highest BCUT2D eigenvalue weighted by Gasteiger charge is 2.17. The fourth-order valence-electron chi connectivity index (χ4n) is 2.10. The van der Waals surface area contributed by atoms with E-state index in [1.807, 2.05) is 0 Å². The molecule has 1 N–H and O–H groups in total. The molecule has 2 aromatic rings. The summed E-state index contributed by atoms with van der Waals surface area (Å²) in [6, 6.07) is 9.78. The highest BCUT2D eigenvalue weighted by molar-refractivity contribution is 9.10. The number of fused-ring (bicyclic) bond motifs is 1. The molecule has 20 heavy (non-hydrogen) atoms. The van der Waals surface area contributed by atoms with Crippen molar-refractivity contribution in [2.75, 3.05) is 13.2 Å². The van der Waals surface area contributed by atoms with Crippen molar-refractivity contribution in [2.24, 2.45) is 0 Å². The van der Waals surface area contributed by atoms with Crippen LogP contribution >= 0.6 is 15.9 Å². The summed E-state index contributed by atoms with van der Waals surface area (Å²) in [7, 11) is 0. The molecule has 2 aromatic carbocycles. The Hall–Kier alpha value is -1.59. The Kier molecular flexibility index (Phi) is 3.63. The van der Waals surface area contributed by atoms with Crippen LogP contribution in [0.4, 0.5) is 4.39 Å². The first kappa shape index (κ1) is 13.4. The van der Waals surface area contributed by atoms with Gasteiger partial charge in [-0.25, -0.2) is 4.39 Å². The van der Waals surface area contributed by atoms with Crippen molar-refractivity contribution >= 4 is 15.9 Å². The van der Waals surface area contributed by atoms with Gasteiger partial charge in [0.15, 0.2) is 11.5 Å². The zero-order valence-electron chi connectivity index (χ0n) is 10.5. The molecule has 1 heterocycles. The largest absolute Gasteiger partial charge is 0.486 e. The number of aliphatic hydroxyl groups excluding tert-OH is 1. The molecule has 0 bridgehead atoms. The molecule has 104 valence electrons. The molecule has 1 aliphatic rings. The Labute approximate surface area is 124 Å². The number of ether oxygens (including phenoxy) is 2. The molecule has 0 spiro atoms. The summed E-state index contributed by atoms with van der Waals surface area (Å²) in [6.45, 7) is 1.01. The van der Waals surface area contributed by atoms with Crippen LogP contribution in [-0.2, 0) is 0 Å². The number of hydrogen-bond acceptors (Lipinski definition) is 3. The van der Waals surface area contributed by atoms with E-state index in [1.54, 1.807) is 30.3 Å².